The Hall–Kier alpha value is -2.97. The smallest absolute Gasteiger partial charge is 0.328 e. The lowest BCUT2D eigenvalue weighted by Crippen LogP contribution is -2.42. The van der Waals surface area contributed by atoms with Crippen molar-refractivity contribution in [3.05, 3.63) is 63.5 Å². The van der Waals surface area contributed by atoms with Gasteiger partial charge in [0.15, 0.2) is 11.5 Å². The van der Waals surface area contributed by atoms with E-state index >= 15 is 0 Å². The number of rotatable bonds is 7. The minimum absolute atomic E-state index is 0.201. The maximum atomic E-state index is 12.6. The zero-order chi connectivity index (χ0) is 22.5. The highest BCUT2D eigenvalue weighted by atomic mass is 35.5. The SMILES string of the molecule is COC(=O)[C@@H](C)N1C(=O)S/C(=C/c2ccc(OCc3ccccc3Cl)c(OC)c2)C1=O. The Morgan fingerprint density at radius 1 is 1.16 bits per heavy atom. The van der Waals surface area contributed by atoms with E-state index in [4.69, 9.17) is 21.1 Å². The van der Waals surface area contributed by atoms with Gasteiger partial charge in [-0.15, -0.1) is 0 Å². The molecule has 1 fully saturated rings. The molecule has 7 nitrogen and oxygen atoms in total. The number of hydrogen-bond acceptors (Lipinski definition) is 7. The second-order valence-corrected chi connectivity index (χ2v) is 7.94. The number of ether oxygens (including phenoxy) is 3. The molecule has 1 aliphatic heterocycles. The van der Waals surface area contributed by atoms with Gasteiger partial charge >= 0.3 is 5.97 Å². The first-order valence-electron chi connectivity index (χ1n) is 9.24. The van der Waals surface area contributed by atoms with Crippen molar-refractivity contribution in [1.29, 1.82) is 0 Å². The molecular weight excluding hydrogens is 442 g/mol. The number of amides is 2. The van der Waals surface area contributed by atoms with Gasteiger partial charge in [0.2, 0.25) is 0 Å². The van der Waals surface area contributed by atoms with Gasteiger partial charge in [-0.3, -0.25) is 14.5 Å². The Labute approximate surface area is 188 Å². The zero-order valence-electron chi connectivity index (χ0n) is 17.1. The molecule has 0 aromatic heterocycles. The Kier molecular flexibility index (Phi) is 7.25. The van der Waals surface area contributed by atoms with E-state index in [0.29, 0.717) is 22.1 Å². The number of benzene rings is 2. The van der Waals surface area contributed by atoms with Crippen molar-refractivity contribution in [1.82, 2.24) is 4.90 Å². The molecule has 162 valence electrons. The Morgan fingerprint density at radius 3 is 2.58 bits per heavy atom. The van der Waals surface area contributed by atoms with E-state index in [1.807, 2.05) is 18.2 Å². The predicted molar refractivity (Wildman–Crippen MR) is 118 cm³/mol. The Morgan fingerprint density at radius 2 is 1.90 bits per heavy atom. The molecule has 9 heteroatoms. The molecule has 1 heterocycles. The standard InChI is InChI=1S/C22H20ClNO6S/c1-13(21(26)29-3)24-20(25)19(31-22(24)27)11-14-8-9-17(18(10-14)28-2)30-12-15-6-4-5-7-16(15)23/h4-11,13H,12H2,1-3H3/b19-11+/t13-/m1/s1. The van der Waals surface area contributed by atoms with Crippen LogP contribution >= 0.6 is 23.4 Å². The van der Waals surface area contributed by atoms with Crippen LogP contribution in [-0.2, 0) is 20.9 Å². The molecule has 2 aromatic rings. The molecular formula is C22H20ClNO6S. The van der Waals surface area contributed by atoms with Crippen molar-refractivity contribution in [2.24, 2.45) is 0 Å². The summed E-state index contributed by atoms with van der Waals surface area (Å²) in [7, 11) is 2.71. The number of methoxy groups -OCH3 is 2. The summed E-state index contributed by atoms with van der Waals surface area (Å²) in [6.07, 6.45) is 1.56. The molecule has 1 aliphatic rings. The second-order valence-electron chi connectivity index (χ2n) is 6.54. The fourth-order valence-electron chi connectivity index (χ4n) is 2.91. The van der Waals surface area contributed by atoms with Crippen LogP contribution in [0.1, 0.15) is 18.1 Å². The van der Waals surface area contributed by atoms with Crippen LogP contribution in [0, 0.1) is 0 Å². The maximum absolute atomic E-state index is 12.6. The van der Waals surface area contributed by atoms with E-state index in [9.17, 15) is 14.4 Å². The third-order valence-corrected chi connectivity index (χ3v) is 5.83. The monoisotopic (exact) mass is 461 g/mol. The van der Waals surface area contributed by atoms with Crippen molar-refractivity contribution in [3.8, 4) is 11.5 Å². The number of carbonyl (C=O) groups is 3. The molecule has 0 bridgehead atoms. The second kappa shape index (κ2) is 9.89. The van der Waals surface area contributed by atoms with Crippen molar-refractivity contribution in [2.45, 2.75) is 19.6 Å². The summed E-state index contributed by atoms with van der Waals surface area (Å²) in [5.74, 6) is -0.244. The quantitative estimate of drug-likeness (QED) is 0.442. The number of halogens is 1. The summed E-state index contributed by atoms with van der Waals surface area (Å²) in [5.41, 5.74) is 1.47. The normalized spacial score (nSPS) is 15.9. The lowest BCUT2D eigenvalue weighted by Gasteiger charge is -2.18. The van der Waals surface area contributed by atoms with Crippen LogP contribution in [0.3, 0.4) is 0 Å². The first kappa shape index (κ1) is 22.7. The lowest BCUT2D eigenvalue weighted by molar-refractivity contribution is -0.148. The van der Waals surface area contributed by atoms with E-state index in [1.165, 1.54) is 21.1 Å². The number of imide groups is 1. The first-order chi connectivity index (χ1) is 14.8. The summed E-state index contributed by atoms with van der Waals surface area (Å²) < 4.78 is 15.9. The van der Waals surface area contributed by atoms with Gasteiger partial charge in [0.05, 0.1) is 19.1 Å². The van der Waals surface area contributed by atoms with Crippen LogP contribution < -0.4 is 9.47 Å². The fourth-order valence-corrected chi connectivity index (χ4v) is 4.00. The molecule has 1 atom stereocenters. The van der Waals surface area contributed by atoms with Crippen LogP contribution in [0.25, 0.3) is 6.08 Å². The minimum Gasteiger partial charge on any atom is -0.493 e. The lowest BCUT2D eigenvalue weighted by atomic mass is 10.1. The van der Waals surface area contributed by atoms with Crippen molar-refractivity contribution in [2.75, 3.05) is 14.2 Å². The summed E-state index contributed by atoms with van der Waals surface area (Å²) in [5, 5.41) is 0.0794. The molecule has 0 saturated carbocycles. The molecule has 2 aromatic carbocycles. The third kappa shape index (κ3) is 5.03. The van der Waals surface area contributed by atoms with Gasteiger partial charge in [0.1, 0.15) is 12.6 Å². The molecule has 0 unspecified atom stereocenters. The van der Waals surface area contributed by atoms with Crippen LogP contribution in [0.2, 0.25) is 5.02 Å². The first-order valence-corrected chi connectivity index (χ1v) is 10.4. The van der Waals surface area contributed by atoms with E-state index in [0.717, 1.165) is 22.2 Å². The van der Waals surface area contributed by atoms with Crippen LogP contribution in [-0.4, -0.2) is 42.3 Å². The minimum atomic E-state index is -1.00. The number of hydrogen-bond donors (Lipinski definition) is 0. The van der Waals surface area contributed by atoms with Gasteiger partial charge in [-0.25, -0.2) is 4.79 Å². The average Bonchev–Trinajstić information content (AvgIpc) is 3.05. The maximum Gasteiger partial charge on any atom is 0.328 e. The number of carbonyl (C=O) groups excluding carboxylic acids is 3. The predicted octanol–water partition coefficient (Wildman–Crippen LogP) is 4.53. The van der Waals surface area contributed by atoms with Gasteiger partial charge in [-0.1, -0.05) is 35.9 Å². The van der Waals surface area contributed by atoms with Crippen molar-refractivity contribution < 1.29 is 28.6 Å². The van der Waals surface area contributed by atoms with E-state index in [-0.39, 0.29) is 11.5 Å². The molecule has 3 rings (SSSR count). The highest BCUT2D eigenvalue weighted by Crippen LogP contribution is 2.36. The molecule has 1 saturated heterocycles. The number of esters is 1. The van der Waals surface area contributed by atoms with Gasteiger partial charge in [-0.05, 0) is 48.5 Å². The third-order valence-electron chi connectivity index (χ3n) is 4.58. The number of thioether (sulfide) groups is 1. The summed E-state index contributed by atoms with van der Waals surface area (Å²) >= 11 is 6.92. The molecule has 31 heavy (non-hydrogen) atoms. The van der Waals surface area contributed by atoms with Gasteiger partial charge in [0.25, 0.3) is 11.1 Å². The topological polar surface area (TPSA) is 82.1 Å². The highest BCUT2D eigenvalue weighted by molar-refractivity contribution is 8.18. The van der Waals surface area contributed by atoms with Crippen LogP contribution in [0.5, 0.6) is 11.5 Å². The summed E-state index contributed by atoms with van der Waals surface area (Å²) in [6.45, 7) is 1.71. The van der Waals surface area contributed by atoms with Gasteiger partial charge < -0.3 is 14.2 Å². The Bertz CT molecular complexity index is 1050. The van der Waals surface area contributed by atoms with E-state index < -0.39 is 23.2 Å². The van der Waals surface area contributed by atoms with E-state index in [1.54, 1.807) is 30.3 Å². The molecule has 0 aliphatic carbocycles. The number of nitrogens with zero attached hydrogens (tertiary/aromatic N) is 1. The largest absolute Gasteiger partial charge is 0.493 e. The molecule has 0 spiro atoms. The Balaban J connectivity index is 1.78. The van der Waals surface area contributed by atoms with Gasteiger partial charge in [0, 0.05) is 10.6 Å². The van der Waals surface area contributed by atoms with E-state index in [2.05, 4.69) is 4.74 Å². The van der Waals surface area contributed by atoms with Crippen molar-refractivity contribution in [3.63, 3.8) is 0 Å². The fraction of sp³-hybridized carbons (Fsp3) is 0.227. The zero-order valence-corrected chi connectivity index (χ0v) is 18.7. The molecule has 0 N–H and O–H groups in total. The molecule has 2 amide bonds. The molecule has 0 radical (unpaired) electrons. The van der Waals surface area contributed by atoms with Crippen LogP contribution in [0.4, 0.5) is 4.79 Å². The highest BCUT2D eigenvalue weighted by Gasteiger charge is 2.41. The average molecular weight is 462 g/mol. The summed E-state index contributed by atoms with van der Waals surface area (Å²) in [4.78, 5) is 37.7. The summed E-state index contributed by atoms with van der Waals surface area (Å²) in [6, 6.07) is 11.5. The van der Waals surface area contributed by atoms with Gasteiger partial charge in [-0.2, -0.15) is 0 Å². The van der Waals surface area contributed by atoms with Crippen LogP contribution in [0.15, 0.2) is 47.4 Å². The van der Waals surface area contributed by atoms with Crippen molar-refractivity contribution >= 4 is 46.6 Å².